The lowest BCUT2D eigenvalue weighted by atomic mass is 10.2. The van der Waals surface area contributed by atoms with Crippen molar-refractivity contribution >= 4 is 16.8 Å². The zero-order valence-electron chi connectivity index (χ0n) is 9.61. The molecule has 0 aliphatic carbocycles. The van der Waals surface area contributed by atoms with Gasteiger partial charge in [-0.05, 0) is 30.7 Å². The highest BCUT2D eigenvalue weighted by atomic mass is 19.1. The van der Waals surface area contributed by atoms with Gasteiger partial charge in [-0.1, -0.05) is 0 Å². The molecular formula is C13H13FN2O. The number of rotatable bonds is 1. The quantitative estimate of drug-likeness (QED) is 0.739. The van der Waals surface area contributed by atoms with Crippen LogP contribution in [0.25, 0.3) is 10.9 Å². The molecule has 4 heteroatoms. The largest absolute Gasteiger partial charge is 0.340 e. The first kappa shape index (κ1) is 10.3. The lowest BCUT2D eigenvalue weighted by Crippen LogP contribution is -2.42. The molecule has 1 fully saturated rings. The lowest BCUT2D eigenvalue weighted by molar-refractivity contribution is 0.0642. The van der Waals surface area contributed by atoms with Gasteiger partial charge in [-0.25, -0.2) is 4.39 Å². The molecule has 2 aromatic rings. The number of amides is 1. The summed E-state index contributed by atoms with van der Waals surface area (Å²) in [6.07, 6.45) is 1.07. The zero-order chi connectivity index (χ0) is 12.0. The Labute approximate surface area is 98.4 Å². The van der Waals surface area contributed by atoms with Crippen LogP contribution in [0.5, 0.6) is 0 Å². The number of aromatic nitrogens is 1. The molecule has 0 saturated carbocycles. The minimum Gasteiger partial charge on any atom is -0.340 e. The molecule has 17 heavy (non-hydrogen) atoms. The summed E-state index contributed by atoms with van der Waals surface area (Å²) in [5.41, 5.74) is 1.51. The minimum atomic E-state index is -0.272. The zero-order valence-corrected chi connectivity index (χ0v) is 9.61. The molecule has 1 amide bonds. The van der Waals surface area contributed by atoms with E-state index in [4.69, 9.17) is 0 Å². The minimum absolute atomic E-state index is 0.0374. The number of likely N-dealkylation sites (tertiary alicyclic amines) is 1. The summed E-state index contributed by atoms with van der Waals surface area (Å²) >= 11 is 0. The number of carbonyl (C=O) groups excluding carboxylic acids is 1. The van der Waals surface area contributed by atoms with Gasteiger partial charge in [0.2, 0.25) is 0 Å². The van der Waals surface area contributed by atoms with E-state index in [0.717, 1.165) is 30.4 Å². The van der Waals surface area contributed by atoms with E-state index in [1.54, 1.807) is 12.1 Å². The molecule has 0 atom stereocenters. The van der Waals surface area contributed by atoms with Crippen molar-refractivity contribution < 1.29 is 9.18 Å². The average Bonchev–Trinajstić information content (AvgIpc) is 2.53. The van der Waals surface area contributed by atoms with Crippen LogP contribution in [0.3, 0.4) is 0 Å². The van der Waals surface area contributed by atoms with Crippen LogP contribution in [-0.4, -0.2) is 28.5 Å². The van der Waals surface area contributed by atoms with Crippen LogP contribution in [0.1, 0.15) is 16.9 Å². The van der Waals surface area contributed by atoms with E-state index in [1.807, 2.05) is 16.5 Å². The van der Waals surface area contributed by atoms with E-state index >= 15 is 0 Å². The predicted molar refractivity (Wildman–Crippen MR) is 63.4 cm³/mol. The molecule has 3 nitrogen and oxygen atoms in total. The highest BCUT2D eigenvalue weighted by Crippen LogP contribution is 2.22. The van der Waals surface area contributed by atoms with Crippen LogP contribution >= 0.6 is 0 Å². The van der Waals surface area contributed by atoms with Crippen LogP contribution in [0.4, 0.5) is 4.39 Å². The highest BCUT2D eigenvalue weighted by Gasteiger charge is 2.24. The Balaban J connectivity index is 2.10. The first-order chi connectivity index (χ1) is 8.16. The monoisotopic (exact) mass is 232 g/mol. The Morgan fingerprint density at radius 2 is 2.06 bits per heavy atom. The fraction of sp³-hybridized carbons (Fsp3) is 0.308. The molecule has 1 saturated heterocycles. The molecule has 1 aromatic heterocycles. The van der Waals surface area contributed by atoms with E-state index in [9.17, 15) is 9.18 Å². The van der Waals surface area contributed by atoms with Crippen LogP contribution in [0.2, 0.25) is 0 Å². The number of hydrogen-bond donors (Lipinski definition) is 0. The fourth-order valence-corrected chi connectivity index (χ4v) is 2.21. The number of nitrogens with zero attached hydrogens (tertiary/aromatic N) is 2. The molecule has 0 spiro atoms. The van der Waals surface area contributed by atoms with Crippen LogP contribution in [0.15, 0.2) is 24.3 Å². The van der Waals surface area contributed by atoms with Crippen LogP contribution in [-0.2, 0) is 7.05 Å². The van der Waals surface area contributed by atoms with E-state index in [2.05, 4.69) is 0 Å². The van der Waals surface area contributed by atoms with Gasteiger partial charge in [-0.15, -0.1) is 0 Å². The highest BCUT2D eigenvalue weighted by molar-refractivity contribution is 5.99. The standard InChI is InChI=1S/C13H13FN2O/c1-15-11-4-3-10(14)7-9(11)8-12(15)13(17)16-5-2-6-16/h3-4,7-8H,2,5-6H2,1H3. The van der Waals surface area contributed by atoms with E-state index in [-0.39, 0.29) is 11.7 Å². The third-order valence-electron chi connectivity index (χ3n) is 3.37. The number of hydrogen-bond acceptors (Lipinski definition) is 1. The van der Waals surface area contributed by atoms with Gasteiger partial charge in [0, 0.05) is 31.0 Å². The van der Waals surface area contributed by atoms with E-state index in [1.165, 1.54) is 12.1 Å². The molecule has 0 unspecified atom stereocenters. The van der Waals surface area contributed by atoms with Gasteiger partial charge in [0.25, 0.3) is 5.91 Å². The summed E-state index contributed by atoms with van der Waals surface area (Å²) < 4.78 is 14.9. The average molecular weight is 232 g/mol. The molecule has 1 aliphatic heterocycles. The summed E-state index contributed by atoms with van der Waals surface area (Å²) in [5, 5.41) is 0.774. The molecule has 3 rings (SSSR count). The smallest absolute Gasteiger partial charge is 0.270 e. The first-order valence-electron chi connectivity index (χ1n) is 5.71. The van der Waals surface area contributed by atoms with Gasteiger partial charge in [0.05, 0.1) is 0 Å². The maximum Gasteiger partial charge on any atom is 0.270 e. The summed E-state index contributed by atoms with van der Waals surface area (Å²) in [7, 11) is 1.84. The molecular weight excluding hydrogens is 219 g/mol. The number of aryl methyl sites for hydroxylation is 1. The molecule has 1 aliphatic rings. The van der Waals surface area contributed by atoms with Crippen molar-refractivity contribution in [2.45, 2.75) is 6.42 Å². The molecule has 88 valence electrons. The summed E-state index contributed by atoms with van der Waals surface area (Å²) in [6.45, 7) is 1.66. The van der Waals surface area contributed by atoms with E-state index < -0.39 is 0 Å². The lowest BCUT2D eigenvalue weighted by Gasteiger charge is -2.30. The second-order valence-electron chi connectivity index (χ2n) is 4.44. The summed E-state index contributed by atoms with van der Waals surface area (Å²) in [5.74, 6) is -0.235. The first-order valence-corrected chi connectivity index (χ1v) is 5.71. The Morgan fingerprint density at radius 1 is 1.29 bits per heavy atom. The van der Waals surface area contributed by atoms with Crippen molar-refractivity contribution in [2.24, 2.45) is 7.05 Å². The van der Waals surface area contributed by atoms with Crippen molar-refractivity contribution in [1.82, 2.24) is 9.47 Å². The second-order valence-corrected chi connectivity index (χ2v) is 4.44. The SMILES string of the molecule is Cn1c(C(=O)N2CCC2)cc2cc(F)ccc21. The van der Waals surface area contributed by atoms with Crippen molar-refractivity contribution in [3.8, 4) is 0 Å². The molecule has 0 bridgehead atoms. The van der Waals surface area contributed by atoms with Gasteiger partial charge in [0.1, 0.15) is 11.5 Å². The van der Waals surface area contributed by atoms with E-state index in [0.29, 0.717) is 5.69 Å². The normalized spacial score (nSPS) is 15.1. The van der Waals surface area contributed by atoms with Gasteiger partial charge in [-0.3, -0.25) is 4.79 Å². The topological polar surface area (TPSA) is 25.2 Å². The third-order valence-corrected chi connectivity index (χ3v) is 3.37. The number of fused-ring (bicyclic) bond motifs is 1. The molecule has 0 N–H and O–H groups in total. The predicted octanol–water partition coefficient (Wildman–Crippen LogP) is 2.16. The van der Waals surface area contributed by atoms with Gasteiger partial charge in [0.15, 0.2) is 0 Å². The Hall–Kier alpha value is -1.84. The summed E-state index contributed by atoms with van der Waals surface area (Å²) in [4.78, 5) is 13.9. The maximum absolute atomic E-state index is 13.1. The van der Waals surface area contributed by atoms with Gasteiger partial charge in [-0.2, -0.15) is 0 Å². The third kappa shape index (κ3) is 1.52. The number of carbonyl (C=O) groups is 1. The van der Waals surface area contributed by atoms with Gasteiger partial charge < -0.3 is 9.47 Å². The fourth-order valence-electron chi connectivity index (χ4n) is 2.21. The summed E-state index contributed by atoms with van der Waals surface area (Å²) in [6, 6.07) is 6.35. The molecule has 0 radical (unpaired) electrons. The van der Waals surface area contributed by atoms with Crippen molar-refractivity contribution in [3.63, 3.8) is 0 Å². The molecule has 1 aromatic carbocycles. The van der Waals surface area contributed by atoms with Crippen LogP contribution in [0, 0.1) is 5.82 Å². The van der Waals surface area contributed by atoms with Crippen LogP contribution < -0.4 is 0 Å². The second kappa shape index (κ2) is 3.58. The Kier molecular flexibility index (Phi) is 2.18. The number of halogens is 1. The van der Waals surface area contributed by atoms with Gasteiger partial charge >= 0.3 is 0 Å². The Morgan fingerprint density at radius 3 is 2.71 bits per heavy atom. The molecule has 2 heterocycles. The van der Waals surface area contributed by atoms with Crippen molar-refractivity contribution in [3.05, 3.63) is 35.8 Å². The number of benzene rings is 1. The maximum atomic E-state index is 13.1. The van der Waals surface area contributed by atoms with Crippen molar-refractivity contribution in [1.29, 1.82) is 0 Å². The Bertz CT molecular complexity index is 599. The van der Waals surface area contributed by atoms with Crippen molar-refractivity contribution in [2.75, 3.05) is 13.1 Å².